The molecule has 1 saturated heterocycles. The van der Waals surface area contributed by atoms with Crippen molar-refractivity contribution in [3.8, 4) is 11.6 Å². The fourth-order valence-corrected chi connectivity index (χ4v) is 3.84. The number of thioether (sulfide) groups is 1. The van der Waals surface area contributed by atoms with Gasteiger partial charge in [0.1, 0.15) is 21.3 Å². The predicted molar refractivity (Wildman–Crippen MR) is 114 cm³/mol. The van der Waals surface area contributed by atoms with Crippen molar-refractivity contribution in [3.05, 3.63) is 75.0 Å². The topological polar surface area (TPSA) is 63.9 Å². The maximum atomic E-state index is 13.1. The second kappa shape index (κ2) is 7.21. The highest BCUT2D eigenvalue weighted by Crippen LogP contribution is 2.33. The number of carbonyl (C=O) groups excluding carboxylic acids is 1. The number of benzene rings is 1. The number of hydrogen-bond acceptors (Lipinski definition) is 6. The monoisotopic (exact) mass is 409 g/mol. The average molecular weight is 409 g/mol. The molecule has 1 aliphatic rings. The molecule has 0 N–H and O–H groups in total. The van der Waals surface area contributed by atoms with Gasteiger partial charge in [0, 0.05) is 13.2 Å². The summed E-state index contributed by atoms with van der Waals surface area (Å²) < 4.78 is 7.77. The number of nitrogens with zero attached hydrogens (tertiary/aromatic N) is 3. The Labute approximate surface area is 170 Å². The van der Waals surface area contributed by atoms with E-state index < -0.39 is 0 Å². The van der Waals surface area contributed by atoms with Crippen molar-refractivity contribution >= 4 is 45.9 Å². The molecule has 0 saturated carbocycles. The van der Waals surface area contributed by atoms with Gasteiger partial charge >= 0.3 is 0 Å². The molecule has 28 heavy (non-hydrogen) atoms. The zero-order valence-corrected chi connectivity index (χ0v) is 16.7. The SMILES string of the molecule is Cc1ccc(Oc2nc3ccccn3c(=O)c2C=C2SC(=S)N(C)C2=O)cc1. The van der Waals surface area contributed by atoms with E-state index in [9.17, 15) is 9.59 Å². The van der Waals surface area contributed by atoms with Crippen LogP contribution >= 0.6 is 24.0 Å². The molecule has 8 heteroatoms. The zero-order chi connectivity index (χ0) is 19.8. The van der Waals surface area contributed by atoms with E-state index in [4.69, 9.17) is 17.0 Å². The minimum Gasteiger partial charge on any atom is -0.438 e. The number of amides is 1. The molecular formula is C20H15N3O3S2. The standard InChI is InChI=1S/C20H15N3O3S2/c1-12-6-8-13(9-7-12)26-17-14(11-15-19(25)22(2)20(27)28-15)18(24)23-10-4-3-5-16(23)21-17/h3-11H,1-2H3. The molecule has 4 rings (SSSR count). The van der Waals surface area contributed by atoms with Crippen LogP contribution in [0.2, 0.25) is 0 Å². The van der Waals surface area contributed by atoms with E-state index in [1.165, 1.54) is 15.4 Å². The summed E-state index contributed by atoms with van der Waals surface area (Å²) in [5.74, 6) is 0.436. The van der Waals surface area contributed by atoms with Crippen molar-refractivity contribution in [2.45, 2.75) is 6.92 Å². The summed E-state index contributed by atoms with van der Waals surface area (Å²) in [6.07, 6.45) is 3.13. The number of aromatic nitrogens is 2. The Morgan fingerprint density at radius 1 is 1.14 bits per heavy atom. The molecule has 0 bridgehead atoms. The lowest BCUT2D eigenvalue weighted by molar-refractivity contribution is -0.121. The number of hydrogen-bond donors (Lipinski definition) is 0. The van der Waals surface area contributed by atoms with Crippen LogP contribution in [0.1, 0.15) is 11.1 Å². The highest BCUT2D eigenvalue weighted by molar-refractivity contribution is 8.26. The molecule has 2 aromatic heterocycles. The van der Waals surface area contributed by atoms with Crippen LogP contribution in [0.4, 0.5) is 0 Å². The van der Waals surface area contributed by atoms with Crippen LogP contribution in [0.25, 0.3) is 11.7 Å². The number of fused-ring (bicyclic) bond motifs is 1. The lowest BCUT2D eigenvalue weighted by Crippen LogP contribution is -2.22. The molecule has 3 heterocycles. The van der Waals surface area contributed by atoms with Gasteiger partial charge in [-0.05, 0) is 37.3 Å². The Kier molecular flexibility index (Phi) is 4.74. The predicted octanol–water partition coefficient (Wildman–Crippen LogP) is 3.63. The molecule has 0 spiro atoms. The number of carbonyl (C=O) groups is 1. The van der Waals surface area contributed by atoms with Crippen molar-refractivity contribution in [1.82, 2.24) is 14.3 Å². The quantitative estimate of drug-likeness (QED) is 0.486. The first-order valence-corrected chi connectivity index (χ1v) is 9.64. The largest absolute Gasteiger partial charge is 0.438 e. The Bertz CT molecular complexity index is 1200. The van der Waals surface area contributed by atoms with E-state index in [-0.39, 0.29) is 22.9 Å². The third-order valence-corrected chi connectivity index (χ3v) is 5.72. The highest BCUT2D eigenvalue weighted by Gasteiger charge is 2.29. The van der Waals surface area contributed by atoms with Crippen LogP contribution in [0.3, 0.4) is 0 Å². The van der Waals surface area contributed by atoms with Gasteiger partial charge in [0.25, 0.3) is 11.5 Å². The molecule has 3 aromatic rings. The van der Waals surface area contributed by atoms with Gasteiger partial charge in [0.05, 0.1) is 4.91 Å². The zero-order valence-electron chi connectivity index (χ0n) is 15.1. The van der Waals surface area contributed by atoms with Crippen LogP contribution in [-0.4, -0.2) is 31.6 Å². The summed E-state index contributed by atoms with van der Waals surface area (Å²) in [4.78, 5) is 31.7. The summed E-state index contributed by atoms with van der Waals surface area (Å²) in [7, 11) is 1.60. The van der Waals surface area contributed by atoms with Gasteiger partial charge in [-0.25, -0.2) is 0 Å². The Morgan fingerprint density at radius 3 is 2.57 bits per heavy atom. The van der Waals surface area contributed by atoms with Crippen LogP contribution in [0.5, 0.6) is 11.6 Å². The Balaban J connectivity index is 1.89. The third-order valence-electron chi connectivity index (χ3n) is 4.23. The number of rotatable bonds is 3. The average Bonchev–Trinajstić information content (AvgIpc) is 2.93. The normalized spacial score (nSPS) is 15.6. The highest BCUT2D eigenvalue weighted by atomic mass is 32.2. The molecule has 1 aromatic carbocycles. The van der Waals surface area contributed by atoms with Gasteiger partial charge in [-0.3, -0.25) is 18.9 Å². The number of pyridine rings is 1. The Hall–Kier alpha value is -2.97. The lowest BCUT2D eigenvalue weighted by atomic mass is 10.2. The fraction of sp³-hybridized carbons (Fsp3) is 0.100. The molecule has 1 amide bonds. The summed E-state index contributed by atoms with van der Waals surface area (Å²) >= 11 is 6.31. The summed E-state index contributed by atoms with van der Waals surface area (Å²) in [5.41, 5.74) is 1.41. The van der Waals surface area contributed by atoms with Crippen molar-refractivity contribution < 1.29 is 9.53 Å². The first-order chi connectivity index (χ1) is 13.4. The van der Waals surface area contributed by atoms with E-state index in [1.54, 1.807) is 43.6 Å². The molecule has 0 radical (unpaired) electrons. The smallest absolute Gasteiger partial charge is 0.269 e. The van der Waals surface area contributed by atoms with Crippen LogP contribution in [0.15, 0.2) is 58.4 Å². The van der Waals surface area contributed by atoms with Crippen molar-refractivity contribution in [3.63, 3.8) is 0 Å². The Morgan fingerprint density at radius 2 is 1.89 bits per heavy atom. The van der Waals surface area contributed by atoms with Gasteiger partial charge in [-0.1, -0.05) is 47.7 Å². The molecule has 140 valence electrons. The van der Waals surface area contributed by atoms with E-state index in [0.717, 1.165) is 17.3 Å². The van der Waals surface area contributed by atoms with Crippen LogP contribution < -0.4 is 10.3 Å². The molecule has 1 aliphatic heterocycles. The molecule has 6 nitrogen and oxygen atoms in total. The van der Waals surface area contributed by atoms with Crippen LogP contribution in [0, 0.1) is 6.92 Å². The van der Waals surface area contributed by atoms with Gasteiger partial charge in [0.2, 0.25) is 5.88 Å². The van der Waals surface area contributed by atoms with Crippen molar-refractivity contribution in [2.24, 2.45) is 0 Å². The maximum Gasteiger partial charge on any atom is 0.269 e. The number of ether oxygens (including phenoxy) is 1. The first kappa shape index (κ1) is 18.4. The summed E-state index contributed by atoms with van der Waals surface area (Å²) in [5, 5.41) is 0. The lowest BCUT2D eigenvalue weighted by Gasteiger charge is -2.10. The molecule has 0 unspecified atom stereocenters. The fourth-order valence-electron chi connectivity index (χ4n) is 2.68. The number of aryl methyl sites for hydroxylation is 1. The molecular weight excluding hydrogens is 394 g/mol. The van der Waals surface area contributed by atoms with E-state index in [1.807, 2.05) is 19.1 Å². The second-order valence-corrected chi connectivity index (χ2v) is 7.90. The van der Waals surface area contributed by atoms with E-state index in [2.05, 4.69) is 4.98 Å². The summed E-state index contributed by atoms with van der Waals surface area (Å²) in [6, 6.07) is 12.7. The maximum absolute atomic E-state index is 13.1. The minimum atomic E-state index is -0.325. The first-order valence-electron chi connectivity index (χ1n) is 8.41. The number of likely N-dealkylation sites (N-methyl/N-ethyl adjacent to an activating group) is 1. The molecule has 0 atom stereocenters. The molecule has 1 fully saturated rings. The third kappa shape index (κ3) is 3.32. The van der Waals surface area contributed by atoms with E-state index in [0.29, 0.717) is 20.6 Å². The molecule has 0 aliphatic carbocycles. The van der Waals surface area contributed by atoms with Gasteiger partial charge in [0.15, 0.2) is 0 Å². The van der Waals surface area contributed by atoms with E-state index >= 15 is 0 Å². The number of thiocarbonyl (C=S) groups is 1. The summed E-state index contributed by atoms with van der Waals surface area (Å²) in [6.45, 7) is 1.97. The van der Waals surface area contributed by atoms with Crippen molar-refractivity contribution in [1.29, 1.82) is 0 Å². The van der Waals surface area contributed by atoms with Gasteiger partial charge in [-0.15, -0.1) is 0 Å². The van der Waals surface area contributed by atoms with Crippen LogP contribution in [-0.2, 0) is 4.79 Å². The second-order valence-electron chi connectivity index (χ2n) is 6.22. The van der Waals surface area contributed by atoms with Gasteiger partial charge in [-0.2, -0.15) is 4.98 Å². The van der Waals surface area contributed by atoms with Crippen molar-refractivity contribution in [2.75, 3.05) is 7.05 Å². The minimum absolute atomic E-state index is 0.140. The van der Waals surface area contributed by atoms with Gasteiger partial charge < -0.3 is 4.74 Å².